The van der Waals surface area contributed by atoms with Gasteiger partial charge in [0, 0.05) is 14.2 Å². The molecule has 0 aliphatic carbocycles. The van der Waals surface area contributed by atoms with E-state index in [0.29, 0.717) is 0 Å². The fourth-order valence-electron chi connectivity index (χ4n) is 1.09. The van der Waals surface area contributed by atoms with Gasteiger partial charge in [-0.2, -0.15) is 0 Å². The van der Waals surface area contributed by atoms with E-state index < -0.39 is 9.84 Å². The molecule has 1 rings (SSSR count). The molecule has 0 aromatic heterocycles. The smallest absolute Gasteiger partial charge is 0.215 e. The van der Waals surface area contributed by atoms with E-state index in [9.17, 15) is 8.42 Å². The maximum atomic E-state index is 11.8. The Labute approximate surface area is 117 Å². The molecule has 0 spiro atoms. The summed E-state index contributed by atoms with van der Waals surface area (Å²) in [5.41, 5.74) is 0.507. The summed E-state index contributed by atoms with van der Waals surface area (Å²) >= 11 is 2.13. The Morgan fingerprint density at radius 1 is 1.24 bits per heavy atom. The fraction of sp³-hybridized carbons (Fsp3) is 0.385. The van der Waals surface area contributed by atoms with Crippen LogP contribution in [-0.4, -0.2) is 8.42 Å². The molecule has 0 saturated carbocycles. The molecule has 4 heteroatoms. The van der Waals surface area contributed by atoms with Crippen molar-refractivity contribution >= 4 is 32.4 Å². The SMILES string of the molecule is CC(C)(C)C#CS(=O)(=O)Cc1ccccc1I. The molecule has 1 aromatic rings. The van der Waals surface area contributed by atoms with Crippen molar-refractivity contribution in [3.63, 3.8) is 0 Å². The zero-order chi connectivity index (χ0) is 13.1. The monoisotopic (exact) mass is 362 g/mol. The van der Waals surface area contributed by atoms with Gasteiger partial charge in [-0.3, -0.25) is 0 Å². The molecule has 0 saturated heterocycles. The maximum Gasteiger partial charge on any atom is 0.220 e. The first-order chi connectivity index (χ1) is 7.70. The fourth-order valence-corrected chi connectivity index (χ4v) is 3.12. The summed E-state index contributed by atoms with van der Waals surface area (Å²) in [6.07, 6.45) is 0. The minimum atomic E-state index is -3.36. The Kier molecular flexibility index (Phi) is 4.62. The van der Waals surface area contributed by atoms with Gasteiger partial charge in [0.05, 0.1) is 5.75 Å². The summed E-state index contributed by atoms with van der Waals surface area (Å²) in [7, 11) is -3.36. The molecule has 0 aliphatic rings. The average Bonchev–Trinajstić information content (AvgIpc) is 2.18. The standard InChI is InChI=1S/C13H15IO2S/c1-13(2,3)8-9-17(15,16)10-11-6-4-5-7-12(11)14/h4-7H,10H2,1-3H3. The van der Waals surface area contributed by atoms with Crippen LogP contribution in [0.2, 0.25) is 0 Å². The van der Waals surface area contributed by atoms with Gasteiger partial charge >= 0.3 is 0 Å². The largest absolute Gasteiger partial charge is 0.220 e. The minimum absolute atomic E-state index is 0.0187. The van der Waals surface area contributed by atoms with Gasteiger partial charge in [0.1, 0.15) is 0 Å². The number of benzene rings is 1. The lowest BCUT2D eigenvalue weighted by molar-refractivity contribution is 0.570. The van der Waals surface area contributed by atoms with E-state index in [1.165, 1.54) is 0 Å². The number of sulfone groups is 1. The van der Waals surface area contributed by atoms with Crippen LogP contribution in [0, 0.1) is 20.2 Å². The molecule has 2 nitrogen and oxygen atoms in total. The van der Waals surface area contributed by atoms with Crippen molar-refractivity contribution in [1.29, 1.82) is 0 Å². The van der Waals surface area contributed by atoms with Gasteiger partial charge in [0.2, 0.25) is 9.84 Å². The molecule has 0 unspecified atom stereocenters. The van der Waals surface area contributed by atoms with Crippen molar-refractivity contribution in [2.24, 2.45) is 5.41 Å². The van der Waals surface area contributed by atoms with Crippen LogP contribution >= 0.6 is 22.6 Å². The highest BCUT2D eigenvalue weighted by Gasteiger charge is 2.12. The third-order valence-corrected chi connectivity index (χ3v) is 4.04. The third-order valence-electron chi connectivity index (χ3n) is 1.88. The first kappa shape index (κ1) is 14.5. The molecule has 0 bridgehead atoms. The maximum absolute atomic E-state index is 11.8. The summed E-state index contributed by atoms with van der Waals surface area (Å²) in [6.45, 7) is 5.67. The number of halogens is 1. The lowest BCUT2D eigenvalue weighted by Gasteiger charge is -2.07. The van der Waals surface area contributed by atoms with Crippen LogP contribution < -0.4 is 0 Å². The molecule has 92 valence electrons. The predicted molar refractivity (Wildman–Crippen MR) is 79.0 cm³/mol. The van der Waals surface area contributed by atoms with Gasteiger partial charge in [-0.25, -0.2) is 8.42 Å². The van der Waals surface area contributed by atoms with E-state index in [1.54, 1.807) is 0 Å². The molecular formula is C13H15IO2S. The van der Waals surface area contributed by atoms with E-state index in [2.05, 4.69) is 33.8 Å². The summed E-state index contributed by atoms with van der Waals surface area (Å²) in [6, 6.07) is 7.43. The Morgan fingerprint density at radius 3 is 2.35 bits per heavy atom. The minimum Gasteiger partial charge on any atom is -0.215 e. The van der Waals surface area contributed by atoms with Crippen molar-refractivity contribution in [2.75, 3.05) is 0 Å². The van der Waals surface area contributed by atoms with Gasteiger partial charge in [-0.05, 0) is 55.0 Å². The molecule has 1 aromatic carbocycles. The lowest BCUT2D eigenvalue weighted by Crippen LogP contribution is -2.05. The zero-order valence-corrected chi connectivity index (χ0v) is 13.1. The van der Waals surface area contributed by atoms with Crippen LogP contribution in [-0.2, 0) is 15.6 Å². The topological polar surface area (TPSA) is 34.1 Å². The molecule has 0 atom stereocenters. The van der Waals surface area contributed by atoms with E-state index in [4.69, 9.17) is 0 Å². The van der Waals surface area contributed by atoms with Gasteiger partial charge in [-0.1, -0.05) is 24.1 Å². The van der Waals surface area contributed by atoms with Crippen molar-refractivity contribution in [3.8, 4) is 11.2 Å². The second kappa shape index (κ2) is 5.40. The lowest BCUT2D eigenvalue weighted by atomic mass is 9.99. The molecule has 17 heavy (non-hydrogen) atoms. The van der Waals surface area contributed by atoms with E-state index in [1.807, 2.05) is 45.0 Å². The van der Waals surface area contributed by atoms with Crippen LogP contribution in [0.5, 0.6) is 0 Å². The van der Waals surface area contributed by atoms with Crippen LogP contribution in [0.15, 0.2) is 24.3 Å². The second-order valence-corrected chi connectivity index (χ2v) is 7.71. The number of hydrogen-bond donors (Lipinski definition) is 0. The van der Waals surface area contributed by atoms with Crippen molar-refractivity contribution in [3.05, 3.63) is 33.4 Å². The molecule has 0 aliphatic heterocycles. The first-order valence-corrected chi connectivity index (χ1v) is 7.93. The predicted octanol–water partition coefficient (Wildman–Crippen LogP) is 3.21. The Morgan fingerprint density at radius 2 is 1.82 bits per heavy atom. The summed E-state index contributed by atoms with van der Waals surface area (Å²) < 4.78 is 24.6. The zero-order valence-electron chi connectivity index (χ0n) is 10.1. The van der Waals surface area contributed by atoms with E-state index in [0.717, 1.165) is 9.13 Å². The van der Waals surface area contributed by atoms with Crippen molar-refractivity contribution in [2.45, 2.75) is 26.5 Å². The highest BCUT2D eigenvalue weighted by molar-refractivity contribution is 14.1. The molecule has 0 amide bonds. The summed E-state index contributed by atoms with van der Waals surface area (Å²) in [4.78, 5) is 0. The van der Waals surface area contributed by atoms with Gasteiger partial charge in [0.25, 0.3) is 0 Å². The Bertz CT molecular complexity index is 557. The molecule has 0 fully saturated rings. The molecule has 0 N–H and O–H groups in total. The third kappa shape index (κ3) is 5.55. The molecular weight excluding hydrogens is 347 g/mol. The quantitative estimate of drug-likeness (QED) is 0.460. The van der Waals surface area contributed by atoms with Gasteiger partial charge in [0.15, 0.2) is 0 Å². The van der Waals surface area contributed by atoms with E-state index >= 15 is 0 Å². The highest BCUT2D eigenvalue weighted by atomic mass is 127. The second-order valence-electron chi connectivity index (χ2n) is 4.83. The normalized spacial score (nSPS) is 11.8. The van der Waals surface area contributed by atoms with Crippen LogP contribution in [0.4, 0.5) is 0 Å². The van der Waals surface area contributed by atoms with Crippen LogP contribution in [0.1, 0.15) is 26.3 Å². The number of hydrogen-bond acceptors (Lipinski definition) is 2. The molecule has 0 heterocycles. The Hall–Kier alpha value is -0.540. The van der Waals surface area contributed by atoms with E-state index in [-0.39, 0.29) is 11.2 Å². The first-order valence-electron chi connectivity index (χ1n) is 5.20. The van der Waals surface area contributed by atoms with Gasteiger partial charge < -0.3 is 0 Å². The van der Waals surface area contributed by atoms with Gasteiger partial charge in [-0.15, -0.1) is 0 Å². The summed E-state index contributed by atoms with van der Waals surface area (Å²) in [5, 5.41) is 2.39. The van der Waals surface area contributed by atoms with Crippen molar-refractivity contribution < 1.29 is 8.42 Å². The van der Waals surface area contributed by atoms with Crippen LogP contribution in [0.3, 0.4) is 0 Å². The highest BCUT2D eigenvalue weighted by Crippen LogP contribution is 2.15. The number of rotatable bonds is 2. The average molecular weight is 362 g/mol. The molecule has 0 radical (unpaired) electrons. The van der Waals surface area contributed by atoms with Crippen LogP contribution in [0.25, 0.3) is 0 Å². The Balaban J connectivity index is 2.95. The summed E-state index contributed by atoms with van der Waals surface area (Å²) in [5.74, 6) is 2.74. The van der Waals surface area contributed by atoms with Crippen molar-refractivity contribution in [1.82, 2.24) is 0 Å².